The lowest BCUT2D eigenvalue weighted by atomic mass is 9.86. The minimum atomic E-state index is 0.0668. The highest BCUT2D eigenvalue weighted by Crippen LogP contribution is 2.31. The second-order valence-electron chi connectivity index (χ2n) is 9.98. The van der Waals surface area contributed by atoms with Crippen LogP contribution in [-0.2, 0) is 12.5 Å². The molecule has 0 saturated carbocycles. The van der Waals surface area contributed by atoms with Gasteiger partial charge in [0, 0.05) is 57.0 Å². The summed E-state index contributed by atoms with van der Waals surface area (Å²) >= 11 is 0. The molecule has 34 heavy (non-hydrogen) atoms. The molecule has 4 heterocycles. The molecule has 1 fully saturated rings. The summed E-state index contributed by atoms with van der Waals surface area (Å²) in [6.07, 6.45) is 5.48. The molecule has 4 aromatic rings. The lowest BCUT2D eigenvalue weighted by molar-refractivity contribution is 0.590. The number of nitrogens with one attached hydrogen (secondary N) is 1. The Hall–Kier alpha value is -3.68. The molecule has 176 valence electrons. The summed E-state index contributed by atoms with van der Waals surface area (Å²) in [7, 11) is 1.98. The van der Waals surface area contributed by atoms with Crippen LogP contribution in [0.5, 0.6) is 0 Å². The Morgan fingerprint density at radius 1 is 0.912 bits per heavy atom. The van der Waals surface area contributed by atoms with Crippen LogP contribution in [0, 0.1) is 6.92 Å². The first-order valence-corrected chi connectivity index (χ1v) is 11.8. The Labute approximate surface area is 200 Å². The number of anilines is 4. The fourth-order valence-corrected chi connectivity index (χ4v) is 4.34. The minimum absolute atomic E-state index is 0.0668. The van der Waals surface area contributed by atoms with Gasteiger partial charge in [-0.1, -0.05) is 32.9 Å². The van der Waals surface area contributed by atoms with E-state index in [1.54, 1.807) is 6.33 Å². The molecular formula is C26H32N8. The molecule has 3 aromatic heterocycles. The van der Waals surface area contributed by atoms with Gasteiger partial charge in [0.05, 0.1) is 6.33 Å². The Morgan fingerprint density at radius 3 is 2.32 bits per heavy atom. The van der Waals surface area contributed by atoms with Gasteiger partial charge >= 0.3 is 0 Å². The molecule has 0 aliphatic carbocycles. The van der Waals surface area contributed by atoms with E-state index in [4.69, 9.17) is 9.97 Å². The van der Waals surface area contributed by atoms with Gasteiger partial charge < -0.3 is 19.7 Å². The third-order valence-electron chi connectivity index (χ3n) is 6.51. The van der Waals surface area contributed by atoms with E-state index < -0.39 is 0 Å². The summed E-state index contributed by atoms with van der Waals surface area (Å²) in [6, 6.07) is 10.7. The zero-order chi connectivity index (χ0) is 23.9. The summed E-state index contributed by atoms with van der Waals surface area (Å²) in [5, 5.41) is 3.61. The van der Waals surface area contributed by atoms with E-state index in [1.165, 1.54) is 16.8 Å². The SMILES string of the molecule is Cc1ccc(C(C)(C)C)cc1Nc1nc(N2CCN(c3ccncc3)CC2)nc2ncn(C)c12. The number of aromatic nitrogens is 5. The van der Waals surface area contributed by atoms with E-state index in [1.807, 2.05) is 24.0 Å². The van der Waals surface area contributed by atoms with Crippen LogP contribution in [0.2, 0.25) is 0 Å². The van der Waals surface area contributed by atoms with Crippen molar-refractivity contribution in [2.75, 3.05) is 41.3 Å². The van der Waals surface area contributed by atoms with E-state index in [-0.39, 0.29) is 5.41 Å². The Morgan fingerprint density at radius 2 is 1.62 bits per heavy atom. The molecule has 0 spiro atoms. The molecule has 1 aromatic carbocycles. The van der Waals surface area contributed by atoms with E-state index in [9.17, 15) is 0 Å². The fourth-order valence-electron chi connectivity index (χ4n) is 4.34. The zero-order valence-corrected chi connectivity index (χ0v) is 20.6. The highest BCUT2D eigenvalue weighted by molar-refractivity contribution is 5.87. The molecule has 1 N–H and O–H groups in total. The summed E-state index contributed by atoms with van der Waals surface area (Å²) in [4.78, 5) is 23.1. The number of pyridine rings is 1. The number of piperazine rings is 1. The van der Waals surface area contributed by atoms with Crippen molar-refractivity contribution in [1.82, 2.24) is 24.5 Å². The number of hydrogen-bond donors (Lipinski definition) is 1. The number of fused-ring (bicyclic) bond motifs is 1. The minimum Gasteiger partial charge on any atom is -0.368 e. The molecule has 0 radical (unpaired) electrons. The van der Waals surface area contributed by atoms with Crippen LogP contribution < -0.4 is 15.1 Å². The van der Waals surface area contributed by atoms with Crippen molar-refractivity contribution in [1.29, 1.82) is 0 Å². The summed E-state index contributed by atoms with van der Waals surface area (Å²) in [6.45, 7) is 12.3. The van der Waals surface area contributed by atoms with Crippen LogP contribution in [0.15, 0.2) is 49.1 Å². The van der Waals surface area contributed by atoms with Crippen LogP contribution in [0.25, 0.3) is 11.2 Å². The van der Waals surface area contributed by atoms with Gasteiger partial charge in [-0.2, -0.15) is 9.97 Å². The number of benzene rings is 1. The van der Waals surface area contributed by atoms with Gasteiger partial charge in [0.25, 0.3) is 0 Å². The summed E-state index contributed by atoms with van der Waals surface area (Å²) < 4.78 is 1.98. The summed E-state index contributed by atoms with van der Waals surface area (Å²) in [5.74, 6) is 1.50. The third-order valence-corrected chi connectivity index (χ3v) is 6.51. The highest BCUT2D eigenvalue weighted by atomic mass is 15.3. The first-order chi connectivity index (χ1) is 16.3. The van der Waals surface area contributed by atoms with Crippen molar-refractivity contribution in [3.05, 3.63) is 60.2 Å². The van der Waals surface area contributed by atoms with Gasteiger partial charge in [0.1, 0.15) is 5.52 Å². The topological polar surface area (TPSA) is 75.0 Å². The molecular weight excluding hydrogens is 424 g/mol. The quantitative estimate of drug-likeness (QED) is 0.487. The number of hydrogen-bond acceptors (Lipinski definition) is 7. The maximum atomic E-state index is 5.00. The predicted octanol–water partition coefficient (Wildman–Crippen LogP) is 4.43. The van der Waals surface area contributed by atoms with Gasteiger partial charge in [-0.25, -0.2) is 4.98 Å². The first-order valence-electron chi connectivity index (χ1n) is 11.8. The fraction of sp³-hybridized carbons (Fsp3) is 0.385. The van der Waals surface area contributed by atoms with Crippen molar-refractivity contribution in [2.45, 2.75) is 33.1 Å². The smallest absolute Gasteiger partial charge is 0.229 e. The third kappa shape index (κ3) is 4.27. The maximum absolute atomic E-state index is 5.00. The molecule has 1 saturated heterocycles. The van der Waals surface area contributed by atoms with Crippen molar-refractivity contribution < 1.29 is 0 Å². The Bertz CT molecular complexity index is 1300. The van der Waals surface area contributed by atoms with E-state index in [0.29, 0.717) is 11.6 Å². The highest BCUT2D eigenvalue weighted by Gasteiger charge is 2.22. The molecule has 8 heteroatoms. The Kier molecular flexibility index (Phi) is 5.59. The maximum Gasteiger partial charge on any atom is 0.229 e. The van der Waals surface area contributed by atoms with Gasteiger partial charge in [-0.3, -0.25) is 4.98 Å². The number of aryl methyl sites for hydroxylation is 2. The number of nitrogens with zero attached hydrogens (tertiary/aromatic N) is 7. The normalized spacial score (nSPS) is 14.6. The van der Waals surface area contributed by atoms with Gasteiger partial charge in [0.15, 0.2) is 11.5 Å². The standard InChI is InChI=1S/C26H32N8/c1-18-6-7-19(26(2,3)4)16-21(18)29-24-22-23(28-17-32(22)5)30-25(31-24)34-14-12-33(13-15-34)20-8-10-27-11-9-20/h6-11,16-17H,12-15H2,1-5H3,(H,29,30,31). The average molecular weight is 457 g/mol. The van der Waals surface area contributed by atoms with Crippen molar-refractivity contribution in [2.24, 2.45) is 7.05 Å². The number of rotatable bonds is 4. The van der Waals surface area contributed by atoms with Crippen LogP contribution in [-0.4, -0.2) is 50.7 Å². The van der Waals surface area contributed by atoms with Gasteiger partial charge in [0.2, 0.25) is 5.95 Å². The molecule has 5 rings (SSSR count). The van der Waals surface area contributed by atoms with Crippen LogP contribution >= 0.6 is 0 Å². The number of imidazole rings is 1. The molecule has 0 bridgehead atoms. The van der Waals surface area contributed by atoms with Crippen molar-refractivity contribution >= 4 is 34.3 Å². The molecule has 0 unspecified atom stereocenters. The van der Waals surface area contributed by atoms with E-state index in [0.717, 1.165) is 43.2 Å². The molecule has 1 aliphatic rings. The monoisotopic (exact) mass is 456 g/mol. The second kappa shape index (κ2) is 8.59. The summed E-state index contributed by atoms with van der Waals surface area (Å²) in [5.41, 5.74) is 6.39. The average Bonchev–Trinajstić information content (AvgIpc) is 3.21. The lowest BCUT2D eigenvalue weighted by Gasteiger charge is -2.36. The molecule has 0 atom stereocenters. The lowest BCUT2D eigenvalue weighted by Crippen LogP contribution is -2.47. The van der Waals surface area contributed by atoms with E-state index >= 15 is 0 Å². The van der Waals surface area contributed by atoms with Crippen LogP contribution in [0.1, 0.15) is 31.9 Å². The zero-order valence-electron chi connectivity index (χ0n) is 20.6. The van der Waals surface area contributed by atoms with Crippen molar-refractivity contribution in [3.63, 3.8) is 0 Å². The predicted molar refractivity (Wildman–Crippen MR) is 138 cm³/mol. The molecule has 0 amide bonds. The van der Waals surface area contributed by atoms with Gasteiger partial charge in [-0.05, 0) is 41.7 Å². The first kappa shape index (κ1) is 22.1. The van der Waals surface area contributed by atoms with E-state index in [2.05, 4.69) is 83.1 Å². The van der Waals surface area contributed by atoms with Crippen LogP contribution in [0.3, 0.4) is 0 Å². The molecule has 1 aliphatic heterocycles. The Balaban J connectivity index is 1.45. The molecule has 8 nitrogen and oxygen atoms in total. The van der Waals surface area contributed by atoms with Crippen LogP contribution in [0.4, 0.5) is 23.1 Å². The van der Waals surface area contributed by atoms with Crippen molar-refractivity contribution in [3.8, 4) is 0 Å². The largest absolute Gasteiger partial charge is 0.368 e. The van der Waals surface area contributed by atoms with Gasteiger partial charge in [-0.15, -0.1) is 0 Å². The second-order valence-corrected chi connectivity index (χ2v) is 9.98.